The zero-order valence-electron chi connectivity index (χ0n) is 15.7. The van der Waals surface area contributed by atoms with E-state index in [2.05, 4.69) is 0 Å². The first-order valence-corrected chi connectivity index (χ1v) is 9.44. The van der Waals surface area contributed by atoms with Crippen LogP contribution in [0.3, 0.4) is 0 Å². The third-order valence-electron chi connectivity index (χ3n) is 4.61. The lowest BCUT2D eigenvalue weighted by molar-refractivity contribution is -0.137. The number of halogens is 2. The second kappa shape index (κ2) is 9.05. The Hall–Kier alpha value is -2.93. The van der Waals surface area contributed by atoms with Gasteiger partial charge in [0.1, 0.15) is 0 Å². The maximum absolute atomic E-state index is 13.9. The molecular weight excluding hydrogens is 401 g/mol. The van der Waals surface area contributed by atoms with E-state index in [0.717, 1.165) is 11.0 Å². The van der Waals surface area contributed by atoms with E-state index in [1.54, 1.807) is 12.1 Å². The number of hydrogen-bond donors (Lipinski definition) is 0. The Morgan fingerprint density at radius 3 is 2.45 bits per heavy atom. The van der Waals surface area contributed by atoms with Gasteiger partial charge < -0.3 is 9.47 Å². The fourth-order valence-electron chi connectivity index (χ4n) is 3.06. The summed E-state index contributed by atoms with van der Waals surface area (Å²) in [5, 5.41) is 0.474. The van der Waals surface area contributed by atoms with Crippen LogP contribution in [-0.4, -0.2) is 42.4 Å². The summed E-state index contributed by atoms with van der Waals surface area (Å²) in [4.78, 5) is 39.1. The lowest BCUT2D eigenvalue weighted by Crippen LogP contribution is -2.43. The van der Waals surface area contributed by atoms with Crippen molar-refractivity contribution in [3.05, 3.63) is 64.4 Å². The minimum atomic E-state index is -1.12. The van der Waals surface area contributed by atoms with Crippen LogP contribution in [0.4, 0.5) is 4.39 Å². The van der Waals surface area contributed by atoms with Crippen LogP contribution in [0.2, 0.25) is 5.02 Å². The molecule has 1 aliphatic rings. The van der Waals surface area contributed by atoms with Gasteiger partial charge in [-0.3, -0.25) is 14.5 Å². The van der Waals surface area contributed by atoms with Crippen LogP contribution >= 0.6 is 11.6 Å². The third kappa shape index (κ3) is 4.74. The molecule has 1 unspecified atom stereocenters. The van der Waals surface area contributed by atoms with E-state index < -0.39 is 29.7 Å². The van der Waals surface area contributed by atoms with Crippen LogP contribution in [0, 0.1) is 5.82 Å². The number of amides is 2. The van der Waals surface area contributed by atoms with Crippen LogP contribution in [-0.2, 0) is 9.53 Å². The van der Waals surface area contributed by atoms with Gasteiger partial charge in [0, 0.05) is 17.1 Å². The summed E-state index contributed by atoms with van der Waals surface area (Å²) < 4.78 is 24.0. The van der Waals surface area contributed by atoms with Gasteiger partial charge in [-0.25, -0.2) is 9.18 Å². The predicted octanol–water partition coefficient (Wildman–Crippen LogP) is 3.87. The number of hydrogen-bond acceptors (Lipinski definition) is 5. The summed E-state index contributed by atoms with van der Waals surface area (Å²) in [7, 11) is 1.31. The highest BCUT2D eigenvalue weighted by atomic mass is 35.5. The van der Waals surface area contributed by atoms with Crippen LogP contribution in [0.15, 0.2) is 42.5 Å². The molecule has 1 aliphatic heterocycles. The average molecular weight is 420 g/mol. The first kappa shape index (κ1) is 20.8. The minimum Gasteiger partial charge on any atom is -0.494 e. The third-order valence-corrected chi connectivity index (χ3v) is 4.86. The molecular formula is C21H19ClFNO5. The molecule has 29 heavy (non-hydrogen) atoms. The van der Waals surface area contributed by atoms with Crippen molar-refractivity contribution in [1.82, 2.24) is 4.90 Å². The number of ether oxygens (including phenoxy) is 2. The number of esters is 1. The van der Waals surface area contributed by atoms with Gasteiger partial charge in [-0.2, -0.15) is 0 Å². The average Bonchev–Trinajstić information content (AvgIpc) is 2.89. The fraction of sp³-hybridized carbons (Fsp3) is 0.286. The Labute approximate surface area is 172 Å². The summed E-state index contributed by atoms with van der Waals surface area (Å²) in [5.74, 6) is -2.64. The van der Waals surface area contributed by atoms with Crippen molar-refractivity contribution >= 4 is 29.4 Å². The quantitative estimate of drug-likeness (QED) is 0.555. The number of carbonyl (C=O) groups is 3. The highest BCUT2D eigenvalue weighted by molar-refractivity contribution is 6.30. The van der Waals surface area contributed by atoms with Crippen molar-refractivity contribution in [2.75, 3.05) is 13.7 Å². The molecule has 0 radical (unpaired) electrons. The Kier molecular flexibility index (Phi) is 6.49. The molecule has 152 valence electrons. The molecule has 0 N–H and O–H groups in total. The zero-order valence-corrected chi connectivity index (χ0v) is 16.4. The molecule has 2 aromatic carbocycles. The first-order chi connectivity index (χ1) is 13.9. The molecule has 0 bridgehead atoms. The number of imide groups is 1. The monoisotopic (exact) mass is 419 g/mol. The van der Waals surface area contributed by atoms with E-state index in [1.165, 1.54) is 31.4 Å². The lowest BCUT2D eigenvalue weighted by Gasteiger charge is -2.23. The zero-order chi connectivity index (χ0) is 21.0. The van der Waals surface area contributed by atoms with Gasteiger partial charge in [-0.1, -0.05) is 11.6 Å². The molecule has 0 saturated carbocycles. The minimum absolute atomic E-state index is 0.00757. The number of rotatable bonds is 4. The summed E-state index contributed by atoms with van der Waals surface area (Å²) in [6, 6.07) is 9.83. The predicted molar refractivity (Wildman–Crippen MR) is 104 cm³/mol. The molecule has 0 aliphatic carbocycles. The van der Waals surface area contributed by atoms with Crippen molar-refractivity contribution in [2.45, 2.75) is 25.4 Å². The smallest absolute Gasteiger partial charge is 0.339 e. The van der Waals surface area contributed by atoms with E-state index >= 15 is 0 Å². The van der Waals surface area contributed by atoms with Crippen LogP contribution < -0.4 is 4.74 Å². The van der Waals surface area contributed by atoms with Crippen molar-refractivity contribution in [2.24, 2.45) is 0 Å². The maximum atomic E-state index is 13.9. The maximum Gasteiger partial charge on any atom is 0.339 e. The van der Waals surface area contributed by atoms with Crippen LogP contribution in [0.1, 0.15) is 40.0 Å². The summed E-state index contributed by atoms with van der Waals surface area (Å²) in [5.41, 5.74) is 0.267. The summed E-state index contributed by atoms with van der Waals surface area (Å²) >= 11 is 5.84. The Bertz CT molecular complexity index is 931. The molecule has 6 nitrogen and oxygen atoms in total. The molecule has 0 spiro atoms. The number of methoxy groups -OCH3 is 1. The Balaban J connectivity index is 1.76. The van der Waals surface area contributed by atoms with Gasteiger partial charge >= 0.3 is 5.97 Å². The molecule has 8 heteroatoms. The standard InChI is InChI=1S/C21H19ClFNO5/c1-28-17-10-7-14(12-16(17)23)21(27)29-18-4-2-3-11-24(20(18)26)19(25)13-5-8-15(22)9-6-13/h5-10,12,18H,2-4,11H2,1H3. The molecule has 1 heterocycles. The highest BCUT2D eigenvalue weighted by Crippen LogP contribution is 2.22. The largest absolute Gasteiger partial charge is 0.494 e. The van der Waals surface area contributed by atoms with Crippen LogP contribution in [0.25, 0.3) is 0 Å². The van der Waals surface area contributed by atoms with Gasteiger partial charge in [0.2, 0.25) is 0 Å². The number of carbonyl (C=O) groups excluding carboxylic acids is 3. The van der Waals surface area contributed by atoms with E-state index in [-0.39, 0.29) is 24.3 Å². The topological polar surface area (TPSA) is 72.9 Å². The number of nitrogens with zero attached hydrogens (tertiary/aromatic N) is 1. The Morgan fingerprint density at radius 1 is 1.10 bits per heavy atom. The van der Waals surface area contributed by atoms with Gasteiger partial charge in [-0.05, 0) is 61.7 Å². The fourth-order valence-corrected chi connectivity index (χ4v) is 3.18. The first-order valence-electron chi connectivity index (χ1n) is 9.06. The molecule has 0 aromatic heterocycles. The molecule has 2 aromatic rings. The summed E-state index contributed by atoms with van der Waals surface area (Å²) in [6.45, 7) is 0.228. The van der Waals surface area contributed by atoms with Gasteiger partial charge in [0.25, 0.3) is 11.8 Å². The molecule has 1 saturated heterocycles. The van der Waals surface area contributed by atoms with E-state index in [4.69, 9.17) is 21.1 Å². The van der Waals surface area contributed by atoms with Crippen LogP contribution in [0.5, 0.6) is 5.75 Å². The highest BCUT2D eigenvalue weighted by Gasteiger charge is 2.34. The normalized spacial score (nSPS) is 16.9. The van der Waals surface area contributed by atoms with Crippen molar-refractivity contribution in [3.63, 3.8) is 0 Å². The second-order valence-corrected chi connectivity index (χ2v) is 6.98. The van der Waals surface area contributed by atoms with Gasteiger partial charge in [0.15, 0.2) is 17.7 Å². The number of benzene rings is 2. The Morgan fingerprint density at radius 2 is 1.79 bits per heavy atom. The van der Waals surface area contributed by atoms with Crippen molar-refractivity contribution in [3.8, 4) is 5.75 Å². The summed E-state index contributed by atoms with van der Waals surface area (Å²) in [6.07, 6.45) is 0.362. The van der Waals surface area contributed by atoms with Crippen molar-refractivity contribution < 1.29 is 28.2 Å². The SMILES string of the molecule is COc1ccc(C(=O)OC2CCCCN(C(=O)c3ccc(Cl)cc3)C2=O)cc1F. The molecule has 1 fully saturated rings. The number of likely N-dealkylation sites (tertiary alicyclic amines) is 1. The molecule has 1 atom stereocenters. The van der Waals surface area contributed by atoms with Crippen molar-refractivity contribution in [1.29, 1.82) is 0 Å². The van der Waals surface area contributed by atoms with E-state index in [9.17, 15) is 18.8 Å². The van der Waals surface area contributed by atoms with E-state index in [0.29, 0.717) is 23.4 Å². The van der Waals surface area contributed by atoms with Gasteiger partial charge in [0.05, 0.1) is 12.7 Å². The lowest BCUT2D eigenvalue weighted by atomic mass is 10.1. The molecule has 2 amide bonds. The molecule has 3 rings (SSSR count). The second-order valence-electron chi connectivity index (χ2n) is 6.54. The van der Waals surface area contributed by atoms with Gasteiger partial charge in [-0.15, -0.1) is 0 Å². The van der Waals surface area contributed by atoms with E-state index in [1.807, 2.05) is 0 Å².